The van der Waals surface area contributed by atoms with Crippen molar-refractivity contribution in [2.45, 2.75) is 6.92 Å². The highest BCUT2D eigenvalue weighted by molar-refractivity contribution is 5.80. The van der Waals surface area contributed by atoms with Gasteiger partial charge in [-0.1, -0.05) is 36.4 Å². The number of fused-ring (bicyclic) bond motifs is 1. The lowest BCUT2D eigenvalue weighted by atomic mass is 10.2. The van der Waals surface area contributed by atoms with E-state index >= 15 is 0 Å². The van der Waals surface area contributed by atoms with Crippen LogP contribution >= 0.6 is 0 Å². The zero-order valence-electron chi connectivity index (χ0n) is 10.2. The molecule has 1 heterocycles. The second kappa shape index (κ2) is 5.77. The normalized spacial score (nSPS) is 9.61. The van der Waals surface area contributed by atoms with E-state index in [1.54, 1.807) is 12.4 Å². The quantitative estimate of drug-likeness (QED) is 0.611. The van der Waals surface area contributed by atoms with Crippen molar-refractivity contribution in [1.82, 2.24) is 10.2 Å². The van der Waals surface area contributed by atoms with E-state index in [-0.39, 0.29) is 0 Å². The predicted octanol–water partition coefficient (Wildman–Crippen LogP) is 3.21. The summed E-state index contributed by atoms with van der Waals surface area (Å²) in [6.45, 7) is 2.02. The van der Waals surface area contributed by atoms with E-state index < -0.39 is 0 Å². The van der Waals surface area contributed by atoms with Gasteiger partial charge in [-0.3, -0.25) is 0 Å². The summed E-state index contributed by atoms with van der Waals surface area (Å²) in [5.41, 5.74) is 7.51. The van der Waals surface area contributed by atoms with Gasteiger partial charge in [0.05, 0.1) is 12.4 Å². The molecule has 0 amide bonds. The van der Waals surface area contributed by atoms with Gasteiger partial charge in [-0.15, -0.1) is 0 Å². The van der Waals surface area contributed by atoms with Crippen molar-refractivity contribution in [3.05, 3.63) is 66.5 Å². The number of benzene rings is 2. The summed E-state index contributed by atoms with van der Waals surface area (Å²) >= 11 is 0. The molecular formula is C15H15N3. The second-order valence-electron chi connectivity index (χ2n) is 4.03. The molecule has 3 rings (SSSR count). The van der Waals surface area contributed by atoms with Gasteiger partial charge in [0.25, 0.3) is 0 Å². The van der Waals surface area contributed by atoms with Gasteiger partial charge in [-0.25, -0.2) is 0 Å². The van der Waals surface area contributed by atoms with Crippen LogP contribution in [0, 0.1) is 6.92 Å². The maximum atomic E-state index is 5.46. The SMILES string of the molecule is Cc1cccc(N)c1.c1ccc2cnncc2c1. The van der Waals surface area contributed by atoms with E-state index in [0.29, 0.717) is 0 Å². The molecule has 18 heavy (non-hydrogen) atoms. The van der Waals surface area contributed by atoms with Gasteiger partial charge >= 0.3 is 0 Å². The third kappa shape index (κ3) is 3.28. The summed E-state index contributed by atoms with van der Waals surface area (Å²) in [6.07, 6.45) is 3.52. The molecule has 0 atom stereocenters. The van der Waals surface area contributed by atoms with E-state index in [2.05, 4.69) is 10.2 Å². The lowest BCUT2D eigenvalue weighted by Gasteiger charge is -1.91. The molecule has 0 bridgehead atoms. The van der Waals surface area contributed by atoms with E-state index in [1.165, 1.54) is 5.56 Å². The van der Waals surface area contributed by atoms with Crippen molar-refractivity contribution in [2.24, 2.45) is 0 Å². The Morgan fingerprint density at radius 2 is 1.44 bits per heavy atom. The first-order valence-corrected chi connectivity index (χ1v) is 5.73. The molecule has 0 aliphatic heterocycles. The van der Waals surface area contributed by atoms with Crippen LogP contribution in [0.4, 0.5) is 5.69 Å². The Bertz CT molecular complexity index is 552. The third-order valence-corrected chi connectivity index (χ3v) is 2.50. The zero-order valence-corrected chi connectivity index (χ0v) is 10.2. The first kappa shape index (κ1) is 12.0. The second-order valence-corrected chi connectivity index (χ2v) is 4.03. The number of hydrogen-bond donors (Lipinski definition) is 1. The van der Waals surface area contributed by atoms with Gasteiger partial charge in [-0.05, 0) is 24.6 Å². The number of nitrogens with two attached hydrogens (primary N) is 1. The Labute approximate surface area is 106 Å². The number of anilines is 1. The average Bonchev–Trinajstić information content (AvgIpc) is 2.39. The smallest absolute Gasteiger partial charge is 0.0574 e. The third-order valence-electron chi connectivity index (χ3n) is 2.50. The van der Waals surface area contributed by atoms with Gasteiger partial charge in [0.1, 0.15) is 0 Å². The number of nitrogen functional groups attached to an aromatic ring is 1. The minimum Gasteiger partial charge on any atom is -0.399 e. The largest absolute Gasteiger partial charge is 0.399 e. The van der Waals surface area contributed by atoms with Crippen LogP contribution in [0.5, 0.6) is 0 Å². The van der Waals surface area contributed by atoms with Gasteiger partial charge in [0.15, 0.2) is 0 Å². The van der Waals surface area contributed by atoms with Crippen molar-refractivity contribution in [2.75, 3.05) is 5.73 Å². The molecule has 0 unspecified atom stereocenters. The molecule has 2 aromatic carbocycles. The van der Waals surface area contributed by atoms with E-state index in [0.717, 1.165) is 16.5 Å². The van der Waals surface area contributed by atoms with Gasteiger partial charge in [0.2, 0.25) is 0 Å². The summed E-state index contributed by atoms with van der Waals surface area (Å²) in [6, 6.07) is 15.8. The van der Waals surface area contributed by atoms with Crippen molar-refractivity contribution < 1.29 is 0 Å². The van der Waals surface area contributed by atoms with Crippen LogP contribution in [-0.4, -0.2) is 10.2 Å². The van der Waals surface area contributed by atoms with Crippen LogP contribution in [0.3, 0.4) is 0 Å². The summed E-state index contributed by atoms with van der Waals surface area (Å²) in [7, 11) is 0. The molecule has 0 radical (unpaired) electrons. The van der Waals surface area contributed by atoms with Crippen LogP contribution in [-0.2, 0) is 0 Å². The number of aryl methyl sites for hydroxylation is 1. The molecule has 3 nitrogen and oxygen atoms in total. The van der Waals surface area contributed by atoms with Crippen LogP contribution < -0.4 is 5.73 Å². The predicted molar refractivity (Wildman–Crippen MR) is 75.1 cm³/mol. The monoisotopic (exact) mass is 237 g/mol. The maximum Gasteiger partial charge on any atom is 0.0574 e. The Morgan fingerprint density at radius 3 is 1.89 bits per heavy atom. The molecule has 90 valence electrons. The van der Waals surface area contributed by atoms with Crippen LogP contribution in [0.2, 0.25) is 0 Å². The van der Waals surface area contributed by atoms with Crippen molar-refractivity contribution in [3.63, 3.8) is 0 Å². The van der Waals surface area contributed by atoms with Crippen molar-refractivity contribution >= 4 is 16.5 Å². The summed E-state index contributed by atoms with van der Waals surface area (Å²) in [5.74, 6) is 0. The molecule has 0 aliphatic rings. The van der Waals surface area contributed by atoms with E-state index in [9.17, 15) is 0 Å². The zero-order chi connectivity index (χ0) is 12.8. The number of hydrogen-bond acceptors (Lipinski definition) is 3. The van der Waals surface area contributed by atoms with E-state index in [4.69, 9.17) is 5.73 Å². The molecule has 1 aromatic heterocycles. The number of rotatable bonds is 0. The minimum atomic E-state index is 0.838. The lowest BCUT2D eigenvalue weighted by molar-refractivity contribution is 1.05. The first-order valence-electron chi connectivity index (χ1n) is 5.73. The Kier molecular flexibility index (Phi) is 3.86. The fraction of sp³-hybridized carbons (Fsp3) is 0.0667. The maximum absolute atomic E-state index is 5.46. The first-order chi connectivity index (χ1) is 8.75. The molecule has 3 heteroatoms. The number of aromatic nitrogens is 2. The fourth-order valence-corrected chi connectivity index (χ4v) is 1.61. The molecule has 0 fully saturated rings. The minimum absolute atomic E-state index is 0.838. The highest BCUT2D eigenvalue weighted by Gasteiger charge is 1.87. The van der Waals surface area contributed by atoms with Gasteiger partial charge in [-0.2, -0.15) is 10.2 Å². The summed E-state index contributed by atoms with van der Waals surface area (Å²) < 4.78 is 0. The van der Waals surface area contributed by atoms with Crippen LogP contribution in [0.1, 0.15) is 5.56 Å². The topological polar surface area (TPSA) is 51.8 Å². The average molecular weight is 237 g/mol. The van der Waals surface area contributed by atoms with Crippen molar-refractivity contribution in [3.8, 4) is 0 Å². The molecule has 0 saturated heterocycles. The fourth-order valence-electron chi connectivity index (χ4n) is 1.61. The number of nitrogens with zero attached hydrogens (tertiary/aromatic N) is 2. The summed E-state index contributed by atoms with van der Waals surface area (Å²) in [5, 5.41) is 9.80. The van der Waals surface area contributed by atoms with E-state index in [1.807, 2.05) is 55.5 Å². The summed E-state index contributed by atoms with van der Waals surface area (Å²) in [4.78, 5) is 0. The molecular weight excluding hydrogens is 222 g/mol. The molecule has 0 spiro atoms. The lowest BCUT2D eigenvalue weighted by Crippen LogP contribution is -1.82. The molecule has 0 saturated carbocycles. The molecule has 3 aromatic rings. The van der Waals surface area contributed by atoms with Gasteiger partial charge < -0.3 is 5.73 Å². The Balaban J connectivity index is 0.000000138. The standard InChI is InChI=1S/C8H6N2.C7H9N/c1-2-4-8-6-10-9-5-7(8)3-1;1-6-3-2-4-7(8)5-6/h1-6H;2-5H,8H2,1H3. The molecule has 2 N–H and O–H groups in total. The van der Waals surface area contributed by atoms with Gasteiger partial charge in [0, 0.05) is 16.5 Å². The Hall–Kier alpha value is -2.42. The van der Waals surface area contributed by atoms with Crippen LogP contribution in [0.25, 0.3) is 10.8 Å². The highest BCUT2D eigenvalue weighted by atomic mass is 15.1. The van der Waals surface area contributed by atoms with Crippen LogP contribution in [0.15, 0.2) is 60.9 Å². The molecule has 0 aliphatic carbocycles. The Morgan fingerprint density at radius 1 is 0.833 bits per heavy atom. The van der Waals surface area contributed by atoms with Crippen molar-refractivity contribution in [1.29, 1.82) is 0 Å². The highest BCUT2D eigenvalue weighted by Crippen LogP contribution is 2.08.